The van der Waals surface area contributed by atoms with Crippen LogP contribution >= 0.6 is 0 Å². The highest BCUT2D eigenvalue weighted by molar-refractivity contribution is 5.87. The van der Waals surface area contributed by atoms with Crippen molar-refractivity contribution in [2.45, 2.75) is 39.2 Å². The molecule has 0 spiro atoms. The maximum Gasteiger partial charge on any atom is 0.241 e. The number of nitrogen functional groups attached to an aromatic ring is 1. The van der Waals surface area contributed by atoms with E-state index in [9.17, 15) is 0 Å². The molecule has 2 aromatic rings. The van der Waals surface area contributed by atoms with E-state index in [1.165, 1.54) is 0 Å². The Kier molecular flexibility index (Phi) is 3.93. The number of nitrogens with one attached hydrogen (secondary N) is 3. The summed E-state index contributed by atoms with van der Waals surface area (Å²) in [6, 6.07) is 0.397. The van der Waals surface area contributed by atoms with Crippen LogP contribution in [0.5, 0.6) is 0 Å². The summed E-state index contributed by atoms with van der Waals surface area (Å²) in [6.45, 7) is 4.33. The molecule has 2 heterocycles. The number of nitrogens with two attached hydrogens (primary N) is 1. The average Bonchev–Trinajstić information content (AvgIpc) is 2.86. The predicted molar refractivity (Wildman–Crippen MR) is 72.1 cm³/mol. The van der Waals surface area contributed by atoms with E-state index in [0.29, 0.717) is 17.6 Å². The van der Waals surface area contributed by atoms with Crippen LogP contribution in [0.3, 0.4) is 0 Å². The van der Waals surface area contributed by atoms with Crippen LogP contribution in [-0.4, -0.2) is 26.2 Å². The summed E-state index contributed by atoms with van der Waals surface area (Å²) < 4.78 is 0. The van der Waals surface area contributed by atoms with Gasteiger partial charge >= 0.3 is 0 Å². The van der Waals surface area contributed by atoms with Crippen molar-refractivity contribution in [3.63, 3.8) is 0 Å². The van der Waals surface area contributed by atoms with Gasteiger partial charge in [-0.15, -0.1) is 0 Å². The number of aromatic nitrogens is 4. The van der Waals surface area contributed by atoms with Crippen molar-refractivity contribution in [2.24, 2.45) is 5.84 Å². The number of aromatic amines is 1. The fourth-order valence-corrected chi connectivity index (χ4v) is 1.93. The van der Waals surface area contributed by atoms with Crippen LogP contribution in [0.25, 0.3) is 11.0 Å². The molecule has 98 valence electrons. The minimum absolute atomic E-state index is 0.376. The minimum Gasteiger partial charge on any atom is -0.367 e. The SMILES string of the molecule is CCCC(CC)Nc1nc(NN)nc2[nH]ncc12. The van der Waals surface area contributed by atoms with Gasteiger partial charge in [-0.1, -0.05) is 20.3 Å². The second kappa shape index (κ2) is 5.63. The molecule has 0 aliphatic rings. The van der Waals surface area contributed by atoms with E-state index in [1.54, 1.807) is 6.20 Å². The molecule has 18 heavy (non-hydrogen) atoms. The Labute approximate surface area is 106 Å². The Bertz CT molecular complexity index is 507. The lowest BCUT2D eigenvalue weighted by Gasteiger charge is -2.17. The highest BCUT2D eigenvalue weighted by atomic mass is 15.3. The fraction of sp³-hybridized carbons (Fsp3) is 0.545. The molecule has 5 N–H and O–H groups in total. The van der Waals surface area contributed by atoms with Gasteiger partial charge in [-0.25, -0.2) is 5.84 Å². The largest absolute Gasteiger partial charge is 0.367 e. The first-order valence-electron chi connectivity index (χ1n) is 6.22. The molecule has 0 aliphatic carbocycles. The van der Waals surface area contributed by atoms with E-state index >= 15 is 0 Å². The number of anilines is 2. The molecule has 2 aromatic heterocycles. The molecular weight excluding hydrogens is 230 g/mol. The highest BCUT2D eigenvalue weighted by Gasteiger charge is 2.12. The first-order chi connectivity index (χ1) is 8.78. The number of nitrogens with zero attached hydrogens (tertiary/aromatic N) is 3. The number of hydrogen-bond acceptors (Lipinski definition) is 6. The molecule has 1 unspecified atom stereocenters. The predicted octanol–water partition coefficient (Wildman–Crippen LogP) is 1.63. The lowest BCUT2D eigenvalue weighted by molar-refractivity contribution is 0.621. The van der Waals surface area contributed by atoms with Gasteiger partial charge < -0.3 is 5.32 Å². The summed E-state index contributed by atoms with van der Waals surface area (Å²) in [6.07, 6.45) is 5.00. The summed E-state index contributed by atoms with van der Waals surface area (Å²) in [5.41, 5.74) is 3.14. The molecule has 0 fully saturated rings. The third-order valence-corrected chi connectivity index (χ3v) is 2.91. The van der Waals surface area contributed by atoms with E-state index in [-0.39, 0.29) is 0 Å². The zero-order valence-corrected chi connectivity index (χ0v) is 10.7. The van der Waals surface area contributed by atoms with Crippen molar-refractivity contribution in [1.29, 1.82) is 0 Å². The van der Waals surface area contributed by atoms with Gasteiger partial charge in [0.25, 0.3) is 0 Å². The first kappa shape index (κ1) is 12.6. The number of fused-ring (bicyclic) bond motifs is 1. The quantitative estimate of drug-likeness (QED) is 0.458. The molecule has 0 radical (unpaired) electrons. The van der Waals surface area contributed by atoms with Gasteiger partial charge in [0, 0.05) is 6.04 Å². The summed E-state index contributed by atoms with van der Waals surface area (Å²) >= 11 is 0. The van der Waals surface area contributed by atoms with Crippen LogP contribution in [0, 0.1) is 0 Å². The van der Waals surface area contributed by atoms with Gasteiger partial charge in [-0.05, 0) is 12.8 Å². The summed E-state index contributed by atoms with van der Waals surface area (Å²) in [5, 5.41) is 11.1. The lowest BCUT2D eigenvalue weighted by atomic mass is 10.1. The van der Waals surface area contributed by atoms with E-state index in [2.05, 4.69) is 44.8 Å². The second-order valence-electron chi connectivity index (χ2n) is 4.21. The van der Waals surface area contributed by atoms with Crippen LogP contribution in [0.2, 0.25) is 0 Å². The molecule has 0 amide bonds. The molecule has 0 aliphatic heterocycles. The minimum atomic E-state index is 0.376. The summed E-state index contributed by atoms with van der Waals surface area (Å²) in [5.74, 6) is 6.50. The molecule has 0 saturated carbocycles. The Hall–Kier alpha value is -1.89. The number of rotatable bonds is 6. The third-order valence-electron chi connectivity index (χ3n) is 2.91. The van der Waals surface area contributed by atoms with Crippen molar-refractivity contribution in [3.8, 4) is 0 Å². The third kappa shape index (κ3) is 2.51. The van der Waals surface area contributed by atoms with Crippen molar-refractivity contribution in [2.75, 3.05) is 10.7 Å². The van der Waals surface area contributed by atoms with Gasteiger partial charge in [0.1, 0.15) is 5.82 Å². The molecule has 0 bridgehead atoms. The Balaban J connectivity index is 2.32. The van der Waals surface area contributed by atoms with Crippen molar-refractivity contribution in [3.05, 3.63) is 6.20 Å². The van der Waals surface area contributed by atoms with Gasteiger partial charge in [-0.2, -0.15) is 15.1 Å². The molecule has 7 heteroatoms. The van der Waals surface area contributed by atoms with Crippen LogP contribution < -0.4 is 16.6 Å². The second-order valence-corrected chi connectivity index (χ2v) is 4.21. The molecule has 7 nitrogen and oxygen atoms in total. The van der Waals surface area contributed by atoms with Gasteiger partial charge in [0.2, 0.25) is 5.95 Å². The smallest absolute Gasteiger partial charge is 0.241 e. The summed E-state index contributed by atoms with van der Waals surface area (Å²) in [7, 11) is 0. The van der Waals surface area contributed by atoms with Crippen molar-refractivity contribution < 1.29 is 0 Å². The Morgan fingerprint density at radius 1 is 1.39 bits per heavy atom. The van der Waals surface area contributed by atoms with E-state index in [0.717, 1.165) is 30.5 Å². The number of hydrogen-bond donors (Lipinski definition) is 4. The van der Waals surface area contributed by atoms with Crippen LogP contribution in [-0.2, 0) is 0 Å². The zero-order valence-electron chi connectivity index (χ0n) is 10.7. The van der Waals surface area contributed by atoms with Crippen molar-refractivity contribution in [1.82, 2.24) is 20.2 Å². The van der Waals surface area contributed by atoms with Gasteiger partial charge in [0.15, 0.2) is 5.65 Å². The maximum atomic E-state index is 5.36. The number of hydrazine groups is 1. The molecule has 0 saturated heterocycles. The molecule has 2 rings (SSSR count). The monoisotopic (exact) mass is 249 g/mol. The van der Waals surface area contributed by atoms with E-state index < -0.39 is 0 Å². The molecule has 1 atom stereocenters. The van der Waals surface area contributed by atoms with Crippen LogP contribution in [0.15, 0.2) is 6.20 Å². The molecular formula is C11H19N7. The Morgan fingerprint density at radius 2 is 2.22 bits per heavy atom. The number of H-pyrrole nitrogens is 1. The maximum absolute atomic E-state index is 5.36. The topological polar surface area (TPSA) is 105 Å². The zero-order chi connectivity index (χ0) is 13.0. The standard InChI is InChI=1S/C11H19N7/c1-3-5-7(4-2)14-9-8-6-13-18-10(8)16-11(15-9)17-12/h6-7H,3-5,12H2,1-2H3,(H3,13,14,15,16,17,18). The summed E-state index contributed by atoms with van der Waals surface area (Å²) in [4.78, 5) is 8.53. The van der Waals surface area contributed by atoms with E-state index in [4.69, 9.17) is 5.84 Å². The fourth-order valence-electron chi connectivity index (χ4n) is 1.93. The lowest BCUT2D eigenvalue weighted by Crippen LogP contribution is -2.20. The Morgan fingerprint density at radius 3 is 2.89 bits per heavy atom. The highest BCUT2D eigenvalue weighted by Crippen LogP contribution is 2.21. The van der Waals surface area contributed by atoms with Gasteiger partial charge in [-0.3, -0.25) is 10.5 Å². The first-order valence-corrected chi connectivity index (χ1v) is 6.22. The van der Waals surface area contributed by atoms with E-state index in [1.807, 2.05) is 0 Å². The van der Waals surface area contributed by atoms with Crippen LogP contribution in [0.4, 0.5) is 11.8 Å². The molecule has 0 aromatic carbocycles. The average molecular weight is 249 g/mol. The van der Waals surface area contributed by atoms with Gasteiger partial charge in [0.05, 0.1) is 11.6 Å². The van der Waals surface area contributed by atoms with Crippen molar-refractivity contribution >= 4 is 22.8 Å². The van der Waals surface area contributed by atoms with Crippen LogP contribution in [0.1, 0.15) is 33.1 Å². The normalized spacial score (nSPS) is 12.6.